The van der Waals surface area contributed by atoms with Gasteiger partial charge in [-0.05, 0) is 62.7 Å². The second kappa shape index (κ2) is 11.7. The highest BCUT2D eigenvalue weighted by atomic mass is 16.5. The molecule has 7 nitrogen and oxygen atoms in total. The molecule has 0 spiro atoms. The molecule has 2 aromatic rings. The molecule has 1 aliphatic rings. The van der Waals surface area contributed by atoms with E-state index in [2.05, 4.69) is 9.88 Å². The molecule has 1 aromatic carbocycles. The Labute approximate surface area is 184 Å². The molecule has 0 aliphatic carbocycles. The van der Waals surface area contributed by atoms with Crippen LogP contribution in [0.25, 0.3) is 0 Å². The van der Waals surface area contributed by atoms with E-state index in [-0.39, 0.29) is 12.0 Å². The van der Waals surface area contributed by atoms with Gasteiger partial charge in [0.25, 0.3) is 5.91 Å². The summed E-state index contributed by atoms with van der Waals surface area (Å²) in [4.78, 5) is 21.3. The summed E-state index contributed by atoms with van der Waals surface area (Å²) in [5.74, 6) is 1.41. The normalized spacial score (nSPS) is 15.8. The van der Waals surface area contributed by atoms with Crippen LogP contribution in [0.1, 0.15) is 30.4 Å². The Morgan fingerprint density at radius 2 is 2.03 bits per heavy atom. The number of ether oxygens (including phenoxy) is 3. The molecule has 3 rings (SSSR count). The Hall–Kier alpha value is -2.64. The molecule has 1 amide bonds. The number of carbonyl (C=O) groups is 1. The monoisotopic (exact) mass is 427 g/mol. The Kier molecular flexibility index (Phi) is 8.67. The summed E-state index contributed by atoms with van der Waals surface area (Å²) >= 11 is 0. The average molecular weight is 428 g/mol. The summed E-state index contributed by atoms with van der Waals surface area (Å²) in [5.41, 5.74) is 1.97. The van der Waals surface area contributed by atoms with Gasteiger partial charge in [-0.1, -0.05) is 12.1 Å². The van der Waals surface area contributed by atoms with Crippen molar-refractivity contribution >= 4 is 5.91 Å². The minimum atomic E-state index is -0.364. The standard InChI is InChI=1S/C24H33N3O4/c1-26(2)12-6-14-31-23-15-19(9-10-21(23)29-3)17-27(18-20-7-4-11-25-16-20)24(28)22-8-5-13-30-22/h4,7,9-11,15-16,22H,5-6,8,12-14,17-18H2,1-3H3. The number of methoxy groups -OCH3 is 1. The van der Waals surface area contributed by atoms with Crippen molar-refractivity contribution in [3.05, 3.63) is 53.9 Å². The molecule has 7 heteroatoms. The number of carbonyl (C=O) groups excluding carboxylic acids is 1. The van der Waals surface area contributed by atoms with Crippen LogP contribution in [0.4, 0.5) is 0 Å². The van der Waals surface area contributed by atoms with E-state index in [9.17, 15) is 4.79 Å². The predicted molar refractivity (Wildman–Crippen MR) is 119 cm³/mol. The Balaban J connectivity index is 1.74. The van der Waals surface area contributed by atoms with E-state index < -0.39 is 0 Å². The van der Waals surface area contributed by atoms with Crippen molar-refractivity contribution in [1.29, 1.82) is 0 Å². The molecule has 0 saturated carbocycles. The van der Waals surface area contributed by atoms with E-state index >= 15 is 0 Å². The molecule has 1 unspecified atom stereocenters. The third-order valence-corrected chi connectivity index (χ3v) is 5.22. The van der Waals surface area contributed by atoms with Gasteiger partial charge in [0.1, 0.15) is 6.10 Å². The zero-order chi connectivity index (χ0) is 22.1. The number of amides is 1. The van der Waals surface area contributed by atoms with Gasteiger partial charge in [0.15, 0.2) is 11.5 Å². The predicted octanol–water partition coefficient (Wildman–Crippen LogP) is 3.13. The third-order valence-electron chi connectivity index (χ3n) is 5.22. The van der Waals surface area contributed by atoms with Gasteiger partial charge in [0, 0.05) is 38.6 Å². The van der Waals surface area contributed by atoms with Crippen LogP contribution in [0.5, 0.6) is 11.5 Å². The lowest BCUT2D eigenvalue weighted by Crippen LogP contribution is -2.38. The van der Waals surface area contributed by atoms with E-state index in [1.807, 2.05) is 49.3 Å². The molecule has 168 valence electrons. The van der Waals surface area contributed by atoms with Crippen LogP contribution >= 0.6 is 0 Å². The quantitative estimate of drug-likeness (QED) is 0.514. The van der Waals surface area contributed by atoms with Crippen LogP contribution in [0.3, 0.4) is 0 Å². The molecule has 1 fully saturated rings. The maximum atomic E-state index is 13.2. The molecular formula is C24H33N3O4. The zero-order valence-electron chi connectivity index (χ0n) is 18.8. The second-order valence-corrected chi connectivity index (χ2v) is 8.05. The highest BCUT2D eigenvalue weighted by molar-refractivity contribution is 5.81. The first-order chi connectivity index (χ1) is 15.1. The summed E-state index contributed by atoms with van der Waals surface area (Å²) in [7, 11) is 5.73. The largest absolute Gasteiger partial charge is 0.493 e. The number of rotatable bonds is 11. The minimum absolute atomic E-state index is 0.0191. The first kappa shape index (κ1) is 23.0. The van der Waals surface area contributed by atoms with Crippen molar-refractivity contribution in [3.63, 3.8) is 0 Å². The Morgan fingerprint density at radius 1 is 1.19 bits per heavy atom. The summed E-state index contributed by atoms with van der Waals surface area (Å²) < 4.78 is 17.1. The number of hydrogen-bond acceptors (Lipinski definition) is 6. The molecule has 1 aliphatic heterocycles. The molecule has 1 atom stereocenters. The van der Waals surface area contributed by atoms with Gasteiger partial charge in [-0.25, -0.2) is 0 Å². The van der Waals surface area contributed by atoms with Gasteiger partial charge in [0.2, 0.25) is 0 Å². The maximum absolute atomic E-state index is 13.2. The van der Waals surface area contributed by atoms with Gasteiger partial charge in [0.05, 0.1) is 13.7 Å². The smallest absolute Gasteiger partial charge is 0.252 e. The van der Waals surface area contributed by atoms with Crippen LogP contribution in [0, 0.1) is 0 Å². The van der Waals surface area contributed by atoms with Crippen molar-refractivity contribution in [3.8, 4) is 11.5 Å². The van der Waals surface area contributed by atoms with Gasteiger partial charge in [-0.3, -0.25) is 9.78 Å². The van der Waals surface area contributed by atoms with Crippen LogP contribution in [-0.4, -0.2) is 67.8 Å². The van der Waals surface area contributed by atoms with Crippen molar-refractivity contribution < 1.29 is 19.0 Å². The maximum Gasteiger partial charge on any atom is 0.252 e. The first-order valence-electron chi connectivity index (χ1n) is 10.8. The molecule has 2 heterocycles. The van der Waals surface area contributed by atoms with E-state index in [1.54, 1.807) is 19.5 Å². The zero-order valence-corrected chi connectivity index (χ0v) is 18.8. The fourth-order valence-corrected chi connectivity index (χ4v) is 3.62. The fourth-order valence-electron chi connectivity index (χ4n) is 3.62. The summed E-state index contributed by atoms with van der Waals surface area (Å²) in [6.07, 6.45) is 5.78. The van der Waals surface area contributed by atoms with Crippen LogP contribution in [0.2, 0.25) is 0 Å². The summed E-state index contributed by atoms with van der Waals surface area (Å²) in [6, 6.07) is 9.71. The van der Waals surface area contributed by atoms with Gasteiger partial charge in [-0.2, -0.15) is 0 Å². The number of nitrogens with zero attached hydrogens (tertiary/aromatic N) is 3. The van der Waals surface area contributed by atoms with Crippen molar-refractivity contribution in [1.82, 2.24) is 14.8 Å². The molecular weight excluding hydrogens is 394 g/mol. The average Bonchev–Trinajstić information content (AvgIpc) is 3.31. The lowest BCUT2D eigenvalue weighted by Gasteiger charge is -2.26. The molecule has 0 N–H and O–H groups in total. The molecule has 1 saturated heterocycles. The highest BCUT2D eigenvalue weighted by Crippen LogP contribution is 2.29. The van der Waals surface area contributed by atoms with Gasteiger partial charge in [-0.15, -0.1) is 0 Å². The number of aromatic nitrogens is 1. The SMILES string of the molecule is COc1ccc(CN(Cc2cccnc2)C(=O)C2CCCO2)cc1OCCCN(C)C. The van der Waals surface area contributed by atoms with E-state index in [1.165, 1.54) is 0 Å². The van der Waals surface area contributed by atoms with Crippen LogP contribution in [0.15, 0.2) is 42.7 Å². The third kappa shape index (κ3) is 6.94. The molecule has 31 heavy (non-hydrogen) atoms. The van der Waals surface area contributed by atoms with Crippen molar-refractivity contribution in [2.75, 3.05) is 41.0 Å². The Bertz CT molecular complexity index is 823. The molecule has 1 aromatic heterocycles. The van der Waals surface area contributed by atoms with Gasteiger partial charge < -0.3 is 24.0 Å². The molecule has 0 radical (unpaired) electrons. The second-order valence-electron chi connectivity index (χ2n) is 8.05. The van der Waals surface area contributed by atoms with E-state index in [0.29, 0.717) is 37.8 Å². The van der Waals surface area contributed by atoms with Crippen LogP contribution < -0.4 is 9.47 Å². The van der Waals surface area contributed by atoms with Crippen molar-refractivity contribution in [2.24, 2.45) is 0 Å². The number of pyridine rings is 1. The Morgan fingerprint density at radius 3 is 2.71 bits per heavy atom. The van der Waals surface area contributed by atoms with E-state index in [0.717, 1.165) is 36.9 Å². The van der Waals surface area contributed by atoms with Gasteiger partial charge >= 0.3 is 0 Å². The first-order valence-corrected chi connectivity index (χ1v) is 10.8. The minimum Gasteiger partial charge on any atom is -0.493 e. The van der Waals surface area contributed by atoms with Crippen LogP contribution in [-0.2, 0) is 22.6 Å². The lowest BCUT2D eigenvalue weighted by atomic mass is 10.1. The number of hydrogen-bond donors (Lipinski definition) is 0. The summed E-state index contributed by atoms with van der Waals surface area (Å²) in [5, 5.41) is 0. The lowest BCUT2D eigenvalue weighted by molar-refractivity contribution is -0.142. The van der Waals surface area contributed by atoms with Crippen molar-refractivity contribution in [2.45, 2.75) is 38.5 Å². The summed E-state index contributed by atoms with van der Waals surface area (Å²) in [6.45, 7) is 3.15. The van der Waals surface area contributed by atoms with E-state index in [4.69, 9.17) is 14.2 Å². The molecule has 0 bridgehead atoms. The topological polar surface area (TPSA) is 64.1 Å². The highest BCUT2D eigenvalue weighted by Gasteiger charge is 2.28. The fraction of sp³-hybridized carbons (Fsp3) is 0.500. The number of benzene rings is 1.